The highest BCUT2D eigenvalue weighted by molar-refractivity contribution is 7.92. The number of esters is 2. The number of hydrogen-bond acceptors (Lipinski definition) is 6. The molecule has 0 aromatic heterocycles. The lowest BCUT2D eigenvalue weighted by Gasteiger charge is -2.19. The van der Waals surface area contributed by atoms with Gasteiger partial charge >= 0.3 is 11.9 Å². The van der Waals surface area contributed by atoms with E-state index >= 15 is 0 Å². The topological polar surface area (TPSA) is 90.0 Å². The number of para-hydroxylation sites is 1. The normalized spacial score (nSPS) is 13.5. The van der Waals surface area contributed by atoms with Crippen molar-refractivity contribution in [2.24, 2.45) is 0 Å². The molecule has 0 fully saturated rings. The number of carbonyl (C=O) groups excluding carboxylic acids is 2. The smallest absolute Gasteiger partial charge is 0.344 e. The van der Waals surface area contributed by atoms with Gasteiger partial charge in [0, 0.05) is 12.6 Å². The second kappa shape index (κ2) is 9.13. The van der Waals surface area contributed by atoms with Crippen molar-refractivity contribution in [1.29, 1.82) is 0 Å². The first-order chi connectivity index (χ1) is 14.3. The lowest BCUT2D eigenvalue weighted by molar-refractivity contribution is -0.158. The van der Waals surface area contributed by atoms with Gasteiger partial charge in [-0.3, -0.25) is 4.31 Å². The molecule has 1 aliphatic heterocycles. The lowest BCUT2D eigenvalue weighted by atomic mass is 10.2. The number of nitrogens with zero attached hydrogens (tertiary/aromatic N) is 1. The molecule has 30 heavy (non-hydrogen) atoms. The number of carbonyl (C=O) groups is 2. The summed E-state index contributed by atoms with van der Waals surface area (Å²) >= 11 is 0. The summed E-state index contributed by atoms with van der Waals surface area (Å²) in [5.74, 6) is -1.31. The molecule has 0 unspecified atom stereocenters. The van der Waals surface area contributed by atoms with E-state index in [0.29, 0.717) is 24.2 Å². The Balaban J connectivity index is 1.63. The van der Waals surface area contributed by atoms with Crippen LogP contribution in [0.5, 0.6) is 0 Å². The summed E-state index contributed by atoms with van der Waals surface area (Å²) in [6, 6.07) is 13.7. The minimum atomic E-state index is -3.66. The van der Waals surface area contributed by atoms with Crippen LogP contribution in [-0.2, 0) is 35.5 Å². The molecular weight excluding hydrogens is 406 g/mol. The molecule has 0 radical (unpaired) electrons. The Kier molecular flexibility index (Phi) is 6.56. The number of benzene rings is 2. The average molecular weight is 429 g/mol. The minimum Gasteiger partial charge on any atom is -0.460 e. The van der Waals surface area contributed by atoms with Crippen LogP contribution >= 0.6 is 0 Å². The van der Waals surface area contributed by atoms with E-state index in [-0.39, 0.29) is 11.0 Å². The molecule has 0 bridgehead atoms. The zero-order chi connectivity index (χ0) is 21.7. The quantitative estimate of drug-likeness (QED) is 0.497. The van der Waals surface area contributed by atoms with Gasteiger partial charge in [-0.25, -0.2) is 18.0 Å². The Labute approximate surface area is 176 Å². The zero-order valence-electron chi connectivity index (χ0n) is 16.8. The van der Waals surface area contributed by atoms with Gasteiger partial charge in [0.05, 0.1) is 16.7 Å². The van der Waals surface area contributed by atoms with E-state index in [1.165, 1.54) is 28.6 Å². The maximum absolute atomic E-state index is 13.0. The molecule has 0 amide bonds. The Bertz CT molecular complexity index is 1060. The van der Waals surface area contributed by atoms with Gasteiger partial charge in [0.25, 0.3) is 10.0 Å². The van der Waals surface area contributed by atoms with Crippen LogP contribution in [0.3, 0.4) is 0 Å². The van der Waals surface area contributed by atoms with Crippen molar-refractivity contribution >= 4 is 33.7 Å². The third-order valence-corrected chi connectivity index (χ3v) is 6.25. The van der Waals surface area contributed by atoms with Gasteiger partial charge in [0.1, 0.15) is 0 Å². The van der Waals surface area contributed by atoms with Gasteiger partial charge in [-0.05, 0) is 55.7 Å². The number of fused-ring (bicyclic) bond motifs is 1. The molecule has 0 atom stereocenters. The molecule has 0 aliphatic carbocycles. The fourth-order valence-corrected chi connectivity index (χ4v) is 4.58. The molecule has 8 heteroatoms. The fraction of sp³-hybridized carbons (Fsp3) is 0.273. The molecule has 0 spiro atoms. The van der Waals surface area contributed by atoms with Gasteiger partial charge in [0.2, 0.25) is 0 Å². The van der Waals surface area contributed by atoms with E-state index < -0.39 is 28.6 Å². The van der Waals surface area contributed by atoms with Crippen LogP contribution in [0, 0.1) is 0 Å². The van der Waals surface area contributed by atoms with E-state index in [1.54, 1.807) is 32.0 Å². The maximum Gasteiger partial charge on any atom is 0.344 e. The summed E-state index contributed by atoms with van der Waals surface area (Å²) in [7, 11) is -3.66. The average Bonchev–Trinajstić information content (AvgIpc) is 3.15. The third-order valence-electron chi connectivity index (χ3n) is 4.42. The highest BCUT2D eigenvalue weighted by Crippen LogP contribution is 2.32. The summed E-state index contributed by atoms with van der Waals surface area (Å²) in [5, 5.41) is 0. The summed E-state index contributed by atoms with van der Waals surface area (Å²) in [6.45, 7) is 3.35. The molecule has 1 aliphatic rings. The Morgan fingerprint density at radius 1 is 1.10 bits per heavy atom. The first-order valence-corrected chi connectivity index (χ1v) is 11.0. The van der Waals surface area contributed by atoms with E-state index in [2.05, 4.69) is 0 Å². The molecular formula is C22H23NO6S. The van der Waals surface area contributed by atoms with Crippen molar-refractivity contribution < 1.29 is 27.5 Å². The van der Waals surface area contributed by atoms with Gasteiger partial charge in [-0.2, -0.15) is 0 Å². The number of hydrogen-bond donors (Lipinski definition) is 0. The highest BCUT2D eigenvalue weighted by atomic mass is 32.2. The third kappa shape index (κ3) is 5.07. The summed E-state index contributed by atoms with van der Waals surface area (Å²) in [4.78, 5) is 23.2. The van der Waals surface area contributed by atoms with Crippen LogP contribution in [-0.4, -0.2) is 39.6 Å². The number of anilines is 1. The number of ether oxygens (including phenoxy) is 2. The van der Waals surface area contributed by atoms with Crippen molar-refractivity contribution in [2.45, 2.75) is 31.3 Å². The monoisotopic (exact) mass is 429 g/mol. The molecule has 2 aromatic carbocycles. The van der Waals surface area contributed by atoms with Crippen molar-refractivity contribution in [3.8, 4) is 0 Å². The van der Waals surface area contributed by atoms with Crippen molar-refractivity contribution in [1.82, 2.24) is 0 Å². The van der Waals surface area contributed by atoms with Gasteiger partial charge in [-0.15, -0.1) is 0 Å². The van der Waals surface area contributed by atoms with Crippen LogP contribution in [0.4, 0.5) is 5.69 Å². The van der Waals surface area contributed by atoms with Gasteiger partial charge < -0.3 is 9.47 Å². The second-order valence-electron chi connectivity index (χ2n) is 7.00. The second-order valence-corrected chi connectivity index (χ2v) is 8.87. The molecule has 158 valence electrons. The van der Waals surface area contributed by atoms with E-state index in [9.17, 15) is 18.0 Å². The van der Waals surface area contributed by atoms with Crippen molar-refractivity contribution in [3.63, 3.8) is 0 Å². The zero-order valence-corrected chi connectivity index (χ0v) is 17.6. The maximum atomic E-state index is 13.0. The number of rotatable bonds is 7. The first-order valence-electron chi connectivity index (χ1n) is 9.52. The first kappa shape index (κ1) is 21.6. The largest absolute Gasteiger partial charge is 0.460 e. The van der Waals surface area contributed by atoms with Crippen molar-refractivity contribution in [3.05, 3.63) is 65.7 Å². The number of sulfonamides is 1. The Hall–Kier alpha value is -3.13. The Morgan fingerprint density at radius 2 is 1.80 bits per heavy atom. The molecule has 2 aromatic rings. The molecule has 0 N–H and O–H groups in total. The Morgan fingerprint density at radius 3 is 2.50 bits per heavy atom. The van der Waals surface area contributed by atoms with E-state index in [1.807, 2.05) is 18.2 Å². The lowest BCUT2D eigenvalue weighted by Crippen LogP contribution is -2.29. The van der Waals surface area contributed by atoms with Crippen LogP contribution in [0.2, 0.25) is 0 Å². The minimum absolute atomic E-state index is 0.176. The molecule has 0 saturated carbocycles. The highest BCUT2D eigenvalue weighted by Gasteiger charge is 2.30. The molecule has 1 heterocycles. The summed E-state index contributed by atoms with van der Waals surface area (Å²) < 4.78 is 37.1. The van der Waals surface area contributed by atoms with Gasteiger partial charge in [0.15, 0.2) is 6.61 Å². The molecule has 3 rings (SSSR count). The molecule has 7 nitrogen and oxygen atoms in total. The molecule has 0 saturated heterocycles. The standard InChI is InChI=1S/C22H23NO6S/c1-16(2)29-22(25)15-28-21(24)12-9-17-7-10-19(11-8-17)30(26,27)23-14-13-18-5-3-4-6-20(18)23/h3-12,16H,13-15H2,1-2H3/b12-9+. The van der Waals surface area contributed by atoms with E-state index in [4.69, 9.17) is 9.47 Å². The SMILES string of the molecule is CC(C)OC(=O)COC(=O)/C=C/c1ccc(S(=O)(=O)N2CCc3ccccc32)cc1. The predicted molar refractivity (Wildman–Crippen MR) is 112 cm³/mol. The van der Waals surface area contributed by atoms with E-state index in [0.717, 1.165) is 5.56 Å². The van der Waals surface area contributed by atoms with Crippen molar-refractivity contribution in [2.75, 3.05) is 17.5 Å². The van der Waals surface area contributed by atoms with Crippen LogP contribution in [0.25, 0.3) is 6.08 Å². The van der Waals surface area contributed by atoms with Gasteiger partial charge in [-0.1, -0.05) is 30.3 Å². The van der Waals surface area contributed by atoms with Crippen LogP contribution < -0.4 is 4.31 Å². The fourth-order valence-electron chi connectivity index (χ4n) is 3.08. The van der Waals surface area contributed by atoms with Crippen LogP contribution in [0.15, 0.2) is 59.5 Å². The summed E-state index contributed by atoms with van der Waals surface area (Å²) in [6.07, 6.45) is 3.06. The predicted octanol–water partition coefficient (Wildman–Crippen LogP) is 2.95. The van der Waals surface area contributed by atoms with Crippen LogP contribution in [0.1, 0.15) is 25.0 Å². The summed E-state index contributed by atoms with van der Waals surface area (Å²) in [5.41, 5.74) is 2.34.